The zero-order valence-electron chi connectivity index (χ0n) is 10.7. The number of hydrogen-bond acceptors (Lipinski definition) is 5. The molecule has 0 radical (unpaired) electrons. The lowest BCUT2D eigenvalue weighted by Gasteiger charge is -2.28. The lowest BCUT2D eigenvalue weighted by atomic mass is 10.0. The van der Waals surface area contributed by atoms with Crippen molar-refractivity contribution in [2.75, 3.05) is 11.4 Å². The van der Waals surface area contributed by atoms with Crippen LogP contribution in [0.3, 0.4) is 0 Å². The molecule has 0 fully saturated rings. The van der Waals surface area contributed by atoms with Gasteiger partial charge in [0.2, 0.25) is 0 Å². The largest absolute Gasteiger partial charge is 0.343 e. The van der Waals surface area contributed by atoms with Gasteiger partial charge in [0.1, 0.15) is 4.70 Å². The number of anilines is 1. The first-order valence-corrected chi connectivity index (χ1v) is 7.29. The molecule has 1 aliphatic heterocycles. The van der Waals surface area contributed by atoms with Crippen LogP contribution in [0.4, 0.5) is 5.13 Å². The monoisotopic (exact) mass is 284 g/mol. The van der Waals surface area contributed by atoms with Crippen LogP contribution in [0.25, 0.3) is 10.3 Å². The van der Waals surface area contributed by atoms with Crippen LogP contribution in [0.1, 0.15) is 11.1 Å². The first-order chi connectivity index (χ1) is 9.81. The van der Waals surface area contributed by atoms with E-state index in [9.17, 15) is 4.79 Å². The summed E-state index contributed by atoms with van der Waals surface area (Å²) in [4.78, 5) is 25.1. The minimum Gasteiger partial charge on any atom is -0.343 e. The molecule has 1 aromatic carbocycles. The Morgan fingerprint density at radius 3 is 2.95 bits per heavy atom. The lowest BCUT2D eigenvalue weighted by Crippen LogP contribution is -2.30. The van der Waals surface area contributed by atoms with Crippen LogP contribution in [-0.4, -0.2) is 21.5 Å². The average Bonchev–Trinajstić information content (AvgIpc) is 2.92. The standard InChI is InChI=1S/C14H12N4OS/c19-13-11-12(15-8-16-13)17-14(20-11)18-6-5-9-3-1-2-4-10(9)7-18/h1-4,8H,5-7H2,(H,15,16,19). The summed E-state index contributed by atoms with van der Waals surface area (Å²) in [5.74, 6) is 0. The van der Waals surface area contributed by atoms with Crippen LogP contribution in [-0.2, 0) is 13.0 Å². The van der Waals surface area contributed by atoms with Gasteiger partial charge in [-0.25, -0.2) is 4.98 Å². The zero-order chi connectivity index (χ0) is 13.5. The third kappa shape index (κ3) is 1.80. The highest BCUT2D eigenvalue weighted by Gasteiger charge is 2.19. The molecule has 0 saturated carbocycles. The number of fused-ring (bicyclic) bond motifs is 2. The highest BCUT2D eigenvalue weighted by atomic mass is 32.1. The van der Waals surface area contributed by atoms with Crippen molar-refractivity contribution in [3.8, 4) is 0 Å². The Bertz CT molecular complexity index is 838. The van der Waals surface area contributed by atoms with Crippen LogP contribution in [0.2, 0.25) is 0 Å². The minimum atomic E-state index is -0.115. The van der Waals surface area contributed by atoms with Gasteiger partial charge in [-0.15, -0.1) is 0 Å². The molecule has 0 atom stereocenters. The molecular formula is C14H12N4OS. The van der Waals surface area contributed by atoms with Gasteiger partial charge >= 0.3 is 0 Å². The number of benzene rings is 1. The fourth-order valence-corrected chi connectivity index (χ4v) is 3.49. The molecule has 100 valence electrons. The number of aromatic nitrogens is 3. The Morgan fingerprint density at radius 2 is 2.10 bits per heavy atom. The van der Waals surface area contributed by atoms with Crippen LogP contribution in [0.5, 0.6) is 0 Å². The normalized spacial score (nSPS) is 14.5. The molecule has 0 spiro atoms. The second-order valence-corrected chi connectivity index (χ2v) is 5.80. The maximum absolute atomic E-state index is 11.7. The molecule has 1 aliphatic rings. The van der Waals surface area contributed by atoms with E-state index in [0.717, 1.165) is 24.6 Å². The molecule has 0 aliphatic carbocycles. The molecule has 2 aromatic heterocycles. The van der Waals surface area contributed by atoms with Crippen LogP contribution in [0.15, 0.2) is 35.4 Å². The Morgan fingerprint density at radius 1 is 1.25 bits per heavy atom. The minimum absolute atomic E-state index is 0.115. The SMILES string of the molecule is O=c1[nH]cnc2nc(N3CCc4ccccc4C3)sc12. The van der Waals surface area contributed by atoms with E-state index in [1.807, 2.05) is 0 Å². The van der Waals surface area contributed by atoms with E-state index in [4.69, 9.17) is 0 Å². The van der Waals surface area contributed by atoms with Crippen molar-refractivity contribution in [2.24, 2.45) is 0 Å². The second kappa shape index (κ2) is 4.42. The maximum Gasteiger partial charge on any atom is 0.270 e. The number of rotatable bonds is 1. The highest BCUT2D eigenvalue weighted by Crippen LogP contribution is 2.29. The first kappa shape index (κ1) is 11.6. The van der Waals surface area contributed by atoms with Crippen LogP contribution in [0, 0.1) is 0 Å². The van der Waals surface area contributed by atoms with Crippen molar-refractivity contribution >= 4 is 26.8 Å². The topological polar surface area (TPSA) is 61.9 Å². The summed E-state index contributed by atoms with van der Waals surface area (Å²) in [6.45, 7) is 1.77. The van der Waals surface area contributed by atoms with Crippen LogP contribution >= 0.6 is 11.3 Å². The fourth-order valence-electron chi connectivity index (χ4n) is 2.55. The van der Waals surface area contributed by atoms with E-state index in [1.165, 1.54) is 28.8 Å². The number of thiazole rings is 1. The van der Waals surface area contributed by atoms with E-state index in [-0.39, 0.29) is 5.56 Å². The Hall–Kier alpha value is -2.21. The molecule has 4 rings (SSSR count). The van der Waals surface area contributed by atoms with Gasteiger partial charge in [-0.05, 0) is 17.5 Å². The molecule has 20 heavy (non-hydrogen) atoms. The van der Waals surface area contributed by atoms with Crippen molar-refractivity contribution in [3.63, 3.8) is 0 Å². The average molecular weight is 284 g/mol. The Balaban J connectivity index is 1.74. The lowest BCUT2D eigenvalue weighted by molar-refractivity contribution is 0.729. The summed E-state index contributed by atoms with van der Waals surface area (Å²) in [7, 11) is 0. The van der Waals surface area contributed by atoms with Gasteiger partial charge in [-0.3, -0.25) is 4.79 Å². The zero-order valence-corrected chi connectivity index (χ0v) is 11.5. The summed E-state index contributed by atoms with van der Waals surface area (Å²) < 4.78 is 0.598. The quantitative estimate of drug-likeness (QED) is 0.742. The first-order valence-electron chi connectivity index (χ1n) is 6.47. The maximum atomic E-state index is 11.7. The van der Waals surface area contributed by atoms with Gasteiger partial charge in [0.25, 0.3) is 5.56 Å². The molecule has 0 amide bonds. The van der Waals surface area contributed by atoms with E-state index in [0.29, 0.717) is 10.3 Å². The Kier molecular flexibility index (Phi) is 2.56. The van der Waals surface area contributed by atoms with Gasteiger partial charge in [0.05, 0.1) is 6.33 Å². The fraction of sp³-hybridized carbons (Fsp3) is 0.214. The van der Waals surface area contributed by atoms with Gasteiger partial charge in [0, 0.05) is 13.1 Å². The van der Waals surface area contributed by atoms with Gasteiger partial charge in [-0.1, -0.05) is 35.6 Å². The molecule has 3 heterocycles. The Labute approximate surface area is 118 Å². The van der Waals surface area contributed by atoms with E-state index >= 15 is 0 Å². The smallest absolute Gasteiger partial charge is 0.270 e. The molecule has 6 heteroatoms. The summed E-state index contributed by atoms with van der Waals surface area (Å²) in [5.41, 5.74) is 3.16. The summed E-state index contributed by atoms with van der Waals surface area (Å²) in [5, 5.41) is 0.874. The van der Waals surface area contributed by atoms with E-state index in [2.05, 4.69) is 44.1 Å². The van der Waals surface area contributed by atoms with E-state index < -0.39 is 0 Å². The number of nitrogens with zero attached hydrogens (tertiary/aromatic N) is 3. The molecule has 0 bridgehead atoms. The third-order valence-corrected chi connectivity index (χ3v) is 4.69. The summed E-state index contributed by atoms with van der Waals surface area (Å²) in [6, 6.07) is 8.47. The third-order valence-electron chi connectivity index (χ3n) is 3.59. The highest BCUT2D eigenvalue weighted by molar-refractivity contribution is 7.22. The predicted octanol–water partition coefficient (Wildman–Crippen LogP) is 1.94. The van der Waals surface area contributed by atoms with Crippen molar-refractivity contribution < 1.29 is 0 Å². The van der Waals surface area contributed by atoms with Gasteiger partial charge in [-0.2, -0.15) is 4.98 Å². The van der Waals surface area contributed by atoms with Gasteiger partial charge in [0.15, 0.2) is 10.8 Å². The number of hydrogen-bond donors (Lipinski definition) is 1. The van der Waals surface area contributed by atoms with Crippen molar-refractivity contribution in [3.05, 3.63) is 52.1 Å². The second-order valence-electron chi connectivity index (χ2n) is 4.82. The molecule has 3 aromatic rings. The number of H-pyrrole nitrogens is 1. The number of aromatic amines is 1. The van der Waals surface area contributed by atoms with Crippen LogP contribution < -0.4 is 10.5 Å². The number of nitrogens with one attached hydrogen (secondary N) is 1. The molecule has 0 unspecified atom stereocenters. The molecular weight excluding hydrogens is 272 g/mol. The molecule has 1 N–H and O–H groups in total. The molecule has 5 nitrogen and oxygen atoms in total. The van der Waals surface area contributed by atoms with Crippen molar-refractivity contribution in [1.82, 2.24) is 15.0 Å². The predicted molar refractivity (Wildman–Crippen MR) is 79.2 cm³/mol. The van der Waals surface area contributed by atoms with Gasteiger partial charge < -0.3 is 9.88 Å². The van der Waals surface area contributed by atoms with Crippen molar-refractivity contribution in [1.29, 1.82) is 0 Å². The summed E-state index contributed by atoms with van der Waals surface area (Å²) >= 11 is 1.41. The molecule has 0 saturated heterocycles. The van der Waals surface area contributed by atoms with Crippen molar-refractivity contribution in [2.45, 2.75) is 13.0 Å². The summed E-state index contributed by atoms with van der Waals surface area (Å²) in [6.07, 6.45) is 2.41. The van der Waals surface area contributed by atoms with E-state index in [1.54, 1.807) is 0 Å².